The van der Waals surface area contributed by atoms with Crippen molar-refractivity contribution in [3.05, 3.63) is 59.3 Å². The predicted molar refractivity (Wildman–Crippen MR) is 148 cm³/mol. The number of benzene rings is 2. The summed E-state index contributed by atoms with van der Waals surface area (Å²) in [6, 6.07) is 12.8. The molecule has 3 aromatic rings. The Morgan fingerprint density at radius 1 is 1.18 bits per heavy atom. The van der Waals surface area contributed by atoms with Gasteiger partial charge in [0.1, 0.15) is 23.7 Å². The number of alkyl halides is 3. The number of carbonyl (C=O) groups excluding carboxylic acids is 1. The highest BCUT2D eigenvalue weighted by molar-refractivity contribution is 5.85. The molecule has 1 amide bonds. The number of ether oxygens (including phenoxy) is 3. The van der Waals surface area contributed by atoms with Crippen LogP contribution < -0.4 is 9.47 Å². The van der Waals surface area contributed by atoms with Crippen LogP contribution in [0, 0.1) is 0 Å². The number of hydrogen-bond donors (Lipinski definition) is 1. The highest BCUT2D eigenvalue weighted by Gasteiger charge is 2.35. The number of aromatic nitrogens is 1. The van der Waals surface area contributed by atoms with Gasteiger partial charge in [0.05, 0.1) is 32.9 Å². The van der Waals surface area contributed by atoms with Gasteiger partial charge in [-0.1, -0.05) is 18.2 Å². The second-order valence-electron chi connectivity index (χ2n) is 10.9. The number of carbonyl (C=O) groups is 1. The minimum absolute atomic E-state index is 0.139. The Labute approximate surface area is 233 Å². The van der Waals surface area contributed by atoms with Crippen LogP contribution in [0.15, 0.2) is 42.5 Å². The van der Waals surface area contributed by atoms with Gasteiger partial charge < -0.3 is 24.1 Å². The van der Waals surface area contributed by atoms with E-state index < -0.39 is 30.8 Å². The van der Waals surface area contributed by atoms with E-state index in [2.05, 4.69) is 4.98 Å². The average Bonchev–Trinajstić information content (AvgIpc) is 3.27. The van der Waals surface area contributed by atoms with E-state index in [1.54, 1.807) is 44.9 Å². The first-order valence-corrected chi connectivity index (χ1v) is 13.6. The third kappa shape index (κ3) is 7.02. The molecular weight excluding hydrogens is 523 g/mol. The lowest BCUT2D eigenvalue weighted by Crippen LogP contribution is -2.40. The van der Waals surface area contributed by atoms with Crippen LogP contribution in [-0.4, -0.2) is 79.5 Å². The minimum atomic E-state index is -2.50. The maximum Gasteiger partial charge on any atom is 0.410 e. The molecule has 1 aromatic heterocycles. The average molecular weight is 562 g/mol. The number of H-pyrrole nitrogens is 1. The van der Waals surface area contributed by atoms with E-state index in [1.165, 1.54) is 4.90 Å². The number of fused-ring (bicyclic) bond motifs is 3. The second kappa shape index (κ2) is 12.8. The van der Waals surface area contributed by atoms with Crippen LogP contribution >= 0.6 is 0 Å². The highest BCUT2D eigenvalue weighted by atomic mass is 19.3. The maximum absolute atomic E-state index is 13.7. The molecule has 40 heavy (non-hydrogen) atoms. The first kappa shape index (κ1) is 29.6. The van der Waals surface area contributed by atoms with Crippen molar-refractivity contribution >= 4 is 17.0 Å². The number of halogens is 3. The molecule has 1 atom stereocenters. The third-order valence-electron chi connectivity index (χ3n) is 6.85. The normalized spacial score (nSPS) is 15.8. The Morgan fingerprint density at radius 2 is 1.95 bits per heavy atom. The summed E-state index contributed by atoms with van der Waals surface area (Å²) < 4.78 is 57.3. The third-order valence-corrected chi connectivity index (χ3v) is 6.85. The number of hydrogen-bond acceptors (Lipinski definition) is 5. The molecule has 1 N–H and O–H groups in total. The summed E-state index contributed by atoms with van der Waals surface area (Å²) in [5.74, 6) is 1.06. The second-order valence-corrected chi connectivity index (χ2v) is 10.9. The van der Waals surface area contributed by atoms with E-state index in [9.17, 15) is 18.0 Å². The van der Waals surface area contributed by atoms with Crippen molar-refractivity contribution in [3.8, 4) is 11.5 Å². The summed E-state index contributed by atoms with van der Waals surface area (Å²) in [6.07, 6.45) is -2.18. The minimum Gasteiger partial charge on any atom is -0.496 e. The molecule has 0 saturated carbocycles. The van der Waals surface area contributed by atoms with E-state index in [1.807, 2.05) is 30.3 Å². The number of methoxy groups -OCH3 is 1. The van der Waals surface area contributed by atoms with Gasteiger partial charge in [-0.05, 0) is 63.4 Å². The number of nitrogens with zero attached hydrogens (tertiary/aromatic N) is 2. The molecule has 1 aliphatic heterocycles. The molecular formula is C30H38F3N3O4. The lowest BCUT2D eigenvalue weighted by Gasteiger charge is -2.36. The standard InChI is InChI=1S/C30H38F3N3O4/c1-30(2,3)40-29(37)35(14-7-13-31)16-17-39-20-10-11-25(38-4)23(18-20)28-27-22(12-15-36(28)19-26(32)33)21-8-5-6-9-24(21)34-27/h5-6,8-11,18,26,28,34H,7,12-17,19H2,1-4H3/t28-/m1/s1. The van der Waals surface area contributed by atoms with E-state index in [0.29, 0.717) is 30.0 Å². The molecule has 1 aliphatic rings. The van der Waals surface area contributed by atoms with Crippen LogP contribution in [0.1, 0.15) is 50.1 Å². The van der Waals surface area contributed by atoms with Gasteiger partial charge in [0.25, 0.3) is 6.43 Å². The summed E-state index contributed by atoms with van der Waals surface area (Å²) in [6.45, 7) is 5.40. The van der Waals surface area contributed by atoms with Gasteiger partial charge in [0.15, 0.2) is 0 Å². The van der Waals surface area contributed by atoms with Crippen LogP contribution in [0.25, 0.3) is 10.9 Å². The highest BCUT2D eigenvalue weighted by Crippen LogP contribution is 2.42. The van der Waals surface area contributed by atoms with Crippen molar-refractivity contribution in [1.29, 1.82) is 0 Å². The van der Waals surface area contributed by atoms with Crippen LogP contribution in [0.2, 0.25) is 0 Å². The fourth-order valence-corrected chi connectivity index (χ4v) is 5.18. The molecule has 0 radical (unpaired) electrons. The molecule has 4 rings (SSSR count). The lowest BCUT2D eigenvalue weighted by molar-refractivity contribution is 0.0221. The van der Waals surface area contributed by atoms with Crippen molar-refractivity contribution in [3.63, 3.8) is 0 Å². The van der Waals surface area contributed by atoms with Crippen molar-refractivity contribution in [2.75, 3.05) is 46.6 Å². The molecule has 0 fully saturated rings. The van der Waals surface area contributed by atoms with Crippen LogP contribution in [0.4, 0.5) is 18.0 Å². The Morgan fingerprint density at radius 3 is 2.65 bits per heavy atom. The van der Waals surface area contributed by atoms with Crippen molar-refractivity contribution in [2.45, 2.75) is 51.7 Å². The molecule has 10 heteroatoms. The van der Waals surface area contributed by atoms with Crippen LogP contribution in [0.5, 0.6) is 11.5 Å². The van der Waals surface area contributed by atoms with Gasteiger partial charge in [-0.2, -0.15) is 0 Å². The number of amides is 1. The largest absolute Gasteiger partial charge is 0.496 e. The van der Waals surface area contributed by atoms with Crippen LogP contribution in [-0.2, 0) is 11.2 Å². The van der Waals surface area contributed by atoms with Gasteiger partial charge in [0, 0.05) is 35.2 Å². The van der Waals surface area contributed by atoms with Gasteiger partial charge in [-0.15, -0.1) is 0 Å². The van der Waals surface area contributed by atoms with Gasteiger partial charge in [-0.3, -0.25) is 9.29 Å². The number of nitrogens with one attached hydrogen (secondary N) is 1. The fraction of sp³-hybridized carbons (Fsp3) is 0.500. The summed E-state index contributed by atoms with van der Waals surface area (Å²) in [5.41, 5.74) is 2.96. The fourth-order valence-electron chi connectivity index (χ4n) is 5.18. The topological polar surface area (TPSA) is 67.0 Å². The summed E-state index contributed by atoms with van der Waals surface area (Å²) in [5, 5.41) is 1.08. The predicted octanol–water partition coefficient (Wildman–Crippen LogP) is 6.36. The van der Waals surface area contributed by atoms with E-state index in [4.69, 9.17) is 14.2 Å². The lowest BCUT2D eigenvalue weighted by atomic mass is 9.91. The van der Waals surface area contributed by atoms with E-state index in [-0.39, 0.29) is 32.7 Å². The smallest absolute Gasteiger partial charge is 0.410 e. The Bertz CT molecular complexity index is 1290. The molecule has 2 aromatic carbocycles. The van der Waals surface area contributed by atoms with Gasteiger partial charge >= 0.3 is 6.09 Å². The number of para-hydroxylation sites is 1. The van der Waals surface area contributed by atoms with Gasteiger partial charge in [0.2, 0.25) is 0 Å². The monoisotopic (exact) mass is 561 g/mol. The Kier molecular flexibility index (Phi) is 9.50. The van der Waals surface area contributed by atoms with Crippen LogP contribution in [0.3, 0.4) is 0 Å². The Hall–Kier alpha value is -3.40. The van der Waals surface area contributed by atoms with Gasteiger partial charge in [-0.25, -0.2) is 13.6 Å². The SMILES string of the molecule is COc1ccc(OCCN(CCCF)C(=O)OC(C)(C)C)cc1[C@@H]1c2[nH]c3ccccc3c2CCN1CC(F)F. The molecule has 7 nitrogen and oxygen atoms in total. The number of rotatable bonds is 11. The molecule has 2 heterocycles. The van der Waals surface area contributed by atoms with E-state index in [0.717, 1.165) is 22.2 Å². The molecule has 0 unspecified atom stereocenters. The molecule has 0 aliphatic carbocycles. The first-order chi connectivity index (χ1) is 19.1. The quantitative estimate of drug-likeness (QED) is 0.295. The van der Waals surface area contributed by atoms with E-state index >= 15 is 0 Å². The Balaban J connectivity index is 1.60. The zero-order valence-corrected chi connectivity index (χ0v) is 23.5. The van der Waals surface area contributed by atoms with Crippen molar-refractivity contribution in [2.24, 2.45) is 0 Å². The molecule has 218 valence electrons. The summed E-state index contributed by atoms with van der Waals surface area (Å²) >= 11 is 0. The van der Waals surface area contributed by atoms with Crippen molar-refractivity contribution < 1.29 is 32.2 Å². The summed E-state index contributed by atoms with van der Waals surface area (Å²) in [4.78, 5) is 19.3. The number of aromatic amines is 1. The van der Waals surface area contributed by atoms with Crippen molar-refractivity contribution in [1.82, 2.24) is 14.8 Å². The zero-order chi connectivity index (χ0) is 28.9. The summed E-state index contributed by atoms with van der Waals surface area (Å²) in [7, 11) is 1.55. The molecule has 0 bridgehead atoms. The zero-order valence-electron chi connectivity index (χ0n) is 23.5. The molecule has 0 saturated heterocycles. The first-order valence-electron chi connectivity index (χ1n) is 13.6. The molecule has 0 spiro atoms. The maximum atomic E-state index is 13.7.